The van der Waals surface area contributed by atoms with Crippen LogP contribution < -0.4 is 0 Å². The van der Waals surface area contributed by atoms with Gasteiger partial charge in [-0.15, -0.1) is 0 Å². The van der Waals surface area contributed by atoms with Gasteiger partial charge in [-0.3, -0.25) is 9.88 Å². The Balaban J connectivity index is 2.00. The number of likely N-dealkylation sites (tertiary alicyclic amines) is 1. The van der Waals surface area contributed by atoms with E-state index in [0.29, 0.717) is 11.2 Å². The van der Waals surface area contributed by atoms with Crippen LogP contribution in [0, 0.1) is 5.92 Å². The Bertz CT molecular complexity index is 339. The zero-order chi connectivity index (χ0) is 11.5. The minimum absolute atomic E-state index is 0.462. The predicted octanol–water partition coefficient (Wildman–Crippen LogP) is 2.75. The van der Waals surface area contributed by atoms with Crippen LogP contribution in [0.2, 0.25) is 5.15 Å². The second-order valence-electron chi connectivity index (χ2n) is 4.66. The first-order valence-electron chi connectivity index (χ1n) is 5.87. The fourth-order valence-electron chi connectivity index (χ4n) is 2.27. The van der Waals surface area contributed by atoms with Crippen LogP contribution in [0.3, 0.4) is 0 Å². The molecule has 0 aromatic carbocycles. The summed E-state index contributed by atoms with van der Waals surface area (Å²) in [6.07, 6.45) is 6.01. The number of piperidine rings is 1. The predicted molar refractivity (Wildman–Crippen MR) is 65.3 cm³/mol. The number of rotatable bonds is 2. The fourth-order valence-corrected chi connectivity index (χ4v) is 2.37. The van der Waals surface area contributed by atoms with Crippen LogP contribution >= 0.6 is 11.6 Å². The standard InChI is InChI=1S/C12H18ClN3/c1-9-4-3-5-16(10(9)2)8-11-6-15-12(13)7-14-11/h6-7,9-10H,3-5,8H2,1-2H3. The first-order valence-corrected chi connectivity index (χ1v) is 6.25. The van der Waals surface area contributed by atoms with Gasteiger partial charge in [0, 0.05) is 12.6 Å². The number of halogens is 1. The third-order valence-electron chi connectivity index (χ3n) is 3.54. The highest BCUT2D eigenvalue weighted by molar-refractivity contribution is 6.29. The first-order chi connectivity index (χ1) is 7.66. The summed E-state index contributed by atoms with van der Waals surface area (Å²) in [6.45, 7) is 6.67. The van der Waals surface area contributed by atoms with Crippen molar-refractivity contribution in [3.05, 3.63) is 23.2 Å². The summed E-state index contributed by atoms with van der Waals surface area (Å²) in [5.41, 5.74) is 1.00. The monoisotopic (exact) mass is 239 g/mol. The lowest BCUT2D eigenvalue weighted by atomic mass is 9.92. The van der Waals surface area contributed by atoms with Gasteiger partial charge in [-0.1, -0.05) is 18.5 Å². The van der Waals surface area contributed by atoms with Gasteiger partial charge in [0.25, 0.3) is 0 Å². The van der Waals surface area contributed by atoms with E-state index in [1.54, 1.807) is 12.4 Å². The Hall–Kier alpha value is -0.670. The van der Waals surface area contributed by atoms with E-state index in [-0.39, 0.29) is 0 Å². The fraction of sp³-hybridized carbons (Fsp3) is 0.667. The zero-order valence-electron chi connectivity index (χ0n) is 9.86. The van der Waals surface area contributed by atoms with Crippen molar-refractivity contribution in [3.63, 3.8) is 0 Å². The molecular formula is C12H18ClN3. The second-order valence-corrected chi connectivity index (χ2v) is 5.05. The van der Waals surface area contributed by atoms with Gasteiger partial charge in [-0.2, -0.15) is 0 Å². The molecule has 2 rings (SSSR count). The molecule has 1 aromatic heterocycles. The van der Waals surface area contributed by atoms with Crippen LogP contribution in [0.1, 0.15) is 32.4 Å². The summed E-state index contributed by atoms with van der Waals surface area (Å²) < 4.78 is 0. The molecule has 0 radical (unpaired) electrons. The Labute approximate surface area is 102 Å². The van der Waals surface area contributed by atoms with Gasteiger partial charge in [0.15, 0.2) is 0 Å². The van der Waals surface area contributed by atoms with Gasteiger partial charge in [-0.25, -0.2) is 4.98 Å². The highest BCUT2D eigenvalue weighted by atomic mass is 35.5. The molecule has 0 spiro atoms. The van der Waals surface area contributed by atoms with Gasteiger partial charge in [-0.05, 0) is 32.2 Å². The van der Waals surface area contributed by atoms with Gasteiger partial charge >= 0.3 is 0 Å². The third kappa shape index (κ3) is 2.71. The topological polar surface area (TPSA) is 29.0 Å². The van der Waals surface area contributed by atoms with Gasteiger partial charge in [0.05, 0.1) is 18.1 Å². The maximum absolute atomic E-state index is 5.72. The minimum Gasteiger partial charge on any atom is -0.295 e. The first kappa shape index (κ1) is 11.8. The molecule has 1 aliphatic rings. The number of hydrogen-bond donors (Lipinski definition) is 0. The molecule has 1 aromatic rings. The number of hydrogen-bond acceptors (Lipinski definition) is 3. The molecule has 0 amide bonds. The number of aromatic nitrogens is 2. The zero-order valence-corrected chi connectivity index (χ0v) is 10.6. The average Bonchev–Trinajstić information content (AvgIpc) is 2.28. The van der Waals surface area contributed by atoms with Crippen molar-refractivity contribution in [1.29, 1.82) is 0 Å². The summed E-state index contributed by atoms with van der Waals surface area (Å²) in [6, 6.07) is 0.631. The quantitative estimate of drug-likeness (QED) is 0.795. The van der Waals surface area contributed by atoms with Crippen LogP contribution in [-0.2, 0) is 6.54 Å². The van der Waals surface area contributed by atoms with Crippen molar-refractivity contribution in [2.75, 3.05) is 6.54 Å². The molecule has 16 heavy (non-hydrogen) atoms. The highest BCUT2D eigenvalue weighted by Gasteiger charge is 2.24. The van der Waals surface area contributed by atoms with Gasteiger partial charge < -0.3 is 0 Å². The van der Waals surface area contributed by atoms with E-state index in [1.807, 2.05) is 0 Å². The van der Waals surface area contributed by atoms with Gasteiger partial charge in [0.2, 0.25) is 0 Å². The summed E-state index contributed by atoms with van der Waals surface area (Å²) in [7, 11) is 0. The Morgan fingerprint density at radius 2 is 2.19 bits per heavy atom. The summed E-state index contributed by atoms with van der Waals surface area (Å²) in [5.74, 6) is 0.772. The van der Waals surface area contributed by atoms with Crippen molar-refractivity contribution in [3.8, 4) is 0 Å². The maximum Gasteiger partial charge on any atom is 0.147 e. The van der Waals surface area contributed by atoms with E-state index < -0.39 is 0 Å². The normalized spacial score (nSPS) is 26.9. The summed E-state index contributed by atoms with van der Waals surface area (Å²) >= 11 is 5.72. The molecule has 3 nitrogen and oxygen atoms in total. The maximum atomic E-state index is 5.72. The smallest absolute Gasteiger partial charge is 0.147 e. The highest BCUT2D eigenvalue weighted by Crippen LogP contribution is 2.23. The van der Waals surface area contributed by atoms with Crippen LogP contribution in [0.15, 0.2) is 12.4 Å². The molecule has 1 fully saturated rings. The lowest BCUT2D eigenvalue weighted by molar-refractivity contribution is 0.105. The minimum atomic E-state index is 0.462. The van der Waals surface area contributed by atoms with E-state index in [1.165, 1.54) is 12.8 Å². The van der Waals surface area contributed by atoms with Crippen molar-refractivity contribution >= 4 is 11.6 Å². The molecule has 0 saturated carbocycles. The van der Waals surface area contributed by atoms with E-state index in [2.05, 4.69) is 28.7 Å². The Morgan fingerprint density at radius 1 is 1.38 bits per heavy atom. The van der Waals surface area contributed by atoms with E-state index in [0.717, 1.165) is 24.7 Å². The largest absolute Gasteiger partial charge is 0.295 e. The molecule has 0 aliphatic carbocycles. The van der Waals surface area contributed by atoms with Crippen molar-refractivity contribution in [2.24, 2.45) is 5.92 Å². The second kappa shape index (κ2) is 5.11. The number of nitrogens with zero attached hydrogens (tertiary/aromatic N) is 3. The van der Waals surface area contributed by atoms with E-state index in [4.69, 9.17) is 11.6 Å². The van der Waals surface area contributed by atoms with Crippen molar-refractivity contribution < 1.29 is 0 Å². The van der Waals surface area contributed by atoms with E-state index in [9.17, 15) is 0 Å². The molecule has 2 heterocycles. The van der Waals surface area contributed by atoms with Crippen molar-refractivity contribution in [1.82, 2.24) is 14.9 Å². The molecule has 88 valence electrons. The lowest BCUT2D eigenvalue weighted by Crippen LogP contribution is -2.41. The molecular weight excluding hydrogens is 222 g/mol. The molecule has 4 heteroatoms. The molecule has 2 unspecified atom stereocenters. The SMILES string of the molecule is CC1CCCN(Cc2cnc(Cl)cn2)C1C. The summed E-state index contributed by atoms with van der Waals surface area (Å²) in [5, 5.41) is 0.462. The van der Waals surface area contributed by atoms with Crippen LogP contribution in [-0.4, -0.2) is 27.5 Å². The summed E-state index contributed by atoms with van der Waals surface area (Å²) in [4.78, 5) is 10.8. The lowest BCUT2D eigenvalue weighted by Gasteiger charge is -2.37. The average molecular weight is 240 g/mol. The van der Waals surface area contributed by atoms with Crippen LogP contribution in [0.25, 0.3) is 0 Å². The Kier molecular flexibility index (Phi) is 3.77. The molecule has 0 bridgehead atoms. The molecule has 1 aliphatic heterocycles. The van der Waals surface area contributed by atoms with Crippen molar-refractivity contribution in [2.45, 2.75) is 39.3 Å². The van der Waals surface area contributed by atoms with E-state index >= 15 is 0 Å². The third-order valence-corrected chi connectivity index (χ3v) is 3.74. The molecule has 0 N–H and O–H groups in total. The van der Waals surface area contributed by atoms with Crippen LogP contribution in [0.5, 0.6) is 0 Å². The Morgan fingerprint density at radius 3 is 2.88 bits per heavy atom. The van der Waals surface area contributed by atoms with Crippen LogP contribution in [0.4, 0.5) is 0 Å². The molecule has 1 saturated heterocycles. The van der Waals surface area contributed by atoms with Gasteiger partial charge in [0.1, 0.15) is 5.15 Å². The molecule has 2 atom stereocenters.